The number of nitrogens with zero attached hydrogens (tertiary/aromatic N) is 3. The molecule has 14 heteroatoms. The van der Waals surface area contributed by atoms with Gasteiger partial charge in [0.2, 0.25) is 5.91 Å². The van der Waals surface area contributed by atoms with Crippen molar-refractivity contribution in [3.8, 4) is 0 Å². The van der Waals surface area contributed by atoms with Crippen LogP contribution >= 0.6 is 23.2 Å². The zero-order valence-electron chi connectivity index (χ0n) is 19.7. The first-order chi connectivity index (χ1) is 16.8. The molecule has 0 fully saturated rings. The van der Waals surface area contributed by atoms with E-state index in [1.807, 2.05) is 0 Å². The summed E-state index contributed by atoms with van der Waals surface area (Å²) in [5, 5.41) is 26.0. The fourth-order valence-electron chi connectivity index (χ4n) is 3.07. The molecule has 0 bridgehead atoms. The maximum atomic E-state index is 12.8. The number of halogens is 5. The lowest BCUT2D eigenvalue weighted by atomic mass is 10.1. The summed E-state index contributed by atoms with van der Waals surface area (Å²) < 4.78 is 38.5. The van der Waals surface area contributed by atoms with E-state index in [1.54, 1.807) is 39.0 Å². The van der Waals surface area contributed by atoms with Gasteiger partial charge in [-0.1, -0.05) is 44.0 Å². The van der Waals surface area contributed by atoms with E-state index in [0.717, 1.165) is 0 Å². The smallest absolute Gasteiger partial charge is 0.360 e. The van der Waals surface area contributed by atoms with Gasteiger partial charge in [0.25, 0.3) is 11.4 Å². The quantitative estimate of drug-likeness (QED) is 0.254. The van der Waals surface area contributed by atoms with E-state index < -0.39 is 33.0 Å². The normalized spacial score (nSPS) is 10.8. The van der Waals surface area contributed by atoms with Gasteiger partial charge >= 0.3 is 6.18 Å². The maximum absolute atomic E-state index is 12.8. The number of nitrogens with one attached hydrogen (secondary N) is 1. The first-order valence-corrected chi connectivity index (χ1v) is 11.6. The molecular weight excluding hydrogens is 528 g/mol. The van der Waals surface area contributed by atoms with Crippen LogP contribution in [0.4, 0.5) is 35.9 Å². The second-order valence-electron chi connectivity index (χ2n) is 7.39. The number of hydrogen-bond donors (Lipinski definition) is 1. The van der Waals surface area contributed by atoms with Crippen LogP contribution in [0.2, 0.25) is 10.0 Å². The van der Waals surface area contributed by atoms with Gasteiger partial charge in [0.05, 0.1) is 25.5 Å². The molecule has 2 rings (SSSR count). The fourth-order valence-corrected chi connectivity index (χ4v) is 3.37. The number of nitro benzene ring substituents is 2. The van der Waals surface area contributed by atoms with E-state index in [2.05, 4.69) is 5.32 Å². The minimum Gasteiger partial charge on any atom is -0.360 e. The number of carbonyl (C=O) groups is 1. The Hall–Kier alpha value is -3.12. The lowest BCUT2D eigenvalue weighted by Gasteiger charge is -2.23. The molecule has 198 valence electrons. The summed E-state index contributed by atoms with van der Waals surface area (Å²) in [6, 6.07) is 5.68. The molecule has 1 amide bonds. The number of nitro groups is 2. The molecule has 0 aliphatic heterocycles. The first-order valence-electron chi connectivity index (χ1n) is 10.8. The summed E-state index contributed by atoms with van der Waals surface area (Å²) >= 11 is 11.5. The third-order valence-corrected chi connectivity index (χ3v) is 5.36. The van der Waals surface area contributed by atoms with Gasteiger partial charge in [-0.3, -0.25) is 25.0 Å². The third kappa shape index (κ3) is 8.83. The van der Waals surface area contributed by atoms with E-state index in [0.29, 0.717) is 47.1 Å². The standard InChI is InChI=1S/C13H16F3N3O4.C9H9Cl2NO/c1-3-5-17(6-4-2)12-10(18(20)21)7-9(13(14,15)16)8-11(12)19(22)23;1-2-9(13)12-6-3-4-7(10)8(11)5-6/h7-8H,3-6H2,1-2H3;3-5H,2H2,1H3,(H,12,13). The molecule has 0 heterocycles. The Labute approximate surface area is 215 Å². The van der Waals surface area contributed by atoms with Crippen molar-refractivity contribution >= 4 is 51.9 Å². The van der Waals surface area contributed by atoms with Gasteiger partial charge in [-0.2, -0.15) is 13.2 Å². The molecule has 2 aromatic rings. The largest absolute Gasteiger partial charge is 0.416 e. The molecule has 0 spiro atoms. The summed E-state index contributed by atoms with van der Waals surface area (Å²) in [5.74, 6) is -0.0432. The number of carbonyl (C=O) groups excluding carboxylic acids is 1. The van der Waals surface area contributed by atoms with Gasteiger partial charge in [-0.25, -0.2) is 0 Å². The average molecular weight is 553 g/mol. The third-order valence-electron chi connectivity index (χ3n) is 4.62. The highest BCUT2D eigenvalue weighted by molar-refractivity contribution is 6.42. The maximum Gasteiger partial charge on any atom is 0.416 e. The summed E-state index contributed by atoms with van der Waals surface area (Å²) in [5.41, 5.74) is -2.94. The number of anilines is 2. The number of rotatable bonds is 9. The Morgan fingerprint density at radius 1 is 0.944 bits per heavy atom. The second-order valence-corrected chi connectivity index (χ2v) is 8.21. The molecule has 0 aliphatic rings. The molecular formula is C22H25Cl2F3N4O5. The van der Waals surface area contributed by atoms with Gasteiger partial charge in [0.15, 0.2) is 5.69 Å². The van der Waals surface area contributed by atoms with Crippen molar-refractivity contribution in [2.45, 2.75) is 46.2 Å². The van der Waals surface area contributed by atoms with Crippen LogP contribution in [-0.2, 0) is 11.0 Å². The number of benzene rings is 2. The Kier molecular flexibility index (Phi) is 11.9. The molecule has 9 nitrogen and oxygen atoms in total. The van der Waals surface area contributed by atoms with Gasteiger partial charge in [0, 0.05) is 37.3 Å². The lowest BCUT2D eigenvalue weighted by Crippen LogP contribution is -2.27. The number of alkyl halides is 3. The van der Waals surface area contributed by atoms with Crippen LogP contribution in [0, 0.1) is 20.2 Å². The van der Waals surface area contributed by atoms with Gasteiger partial charge in [0.1, 0.15) is 0 Å². The summed E-state index contributed by atoms with van der Waals surface area (Å²) in [6.45, 7) is 5.85. The van der Waals surface area contributed by atoms with Crippen LogP contribution in [0.5, 0.6) is 0 Å². The highest BCUT2D eigenvalue weighted by atomic mass is 35.5. The molecule has 0 atom stereocenters. The Morgan fingerprint density at radius 3 is 1.81 bits per heavy atom. The van der Waals surface area contributed by atoms with Crippen molar-refractivity contribution in [1.29, 1.82) is 0 Å². The molecule has 0 saturated heterocycles. The van der Waals surface area contributed by atoms with Crippen LogP contribution in [-0.4, -0.2) is 28.8 Å². The topological polar surface area (TPSA) is 119 Å². The number of amides is 1. The Balaban J connectivity index is 0.000000420. The predicted molar refractivity (Wildman–Crippen MR) is 133 cm³/mol. The van der Waals surface area contributed by atoms with Crippen molar-refractivity contribution < 1.29 is 27.8 Å². The molecule has 1 N–H and O–H groups in total. The zero-order valence-corrected chi connectivity index (χ0v) is 21.2. The minimum atomic E-state index is -4.91. The van der Waals surface area contributed by atoms with Crippen LogP contribution in [0.3, 0.4) is 0 Å². The minimum absolute atomic E-state index is 0.0432. The molecule has 0 aromatic heterocycles. The van der Waals surface area contributed by atoms with Crippen molar-refractivity contribution in [1.82, 2.24) is 0 Å². The SMILES string of the molecule is CCC(=O)Nc1ccc(Cl)c(Cl)c1.CCCN(CCC)c1c([N+](=O)[O-])cc(C(F)(F)F)cc1[N+](=O)[O-]. The molecule has 0 unspecified atom stereocenters. The molecule has 2 aromatic carbocycles. The second kappa shape index (κ2) is 13.8. The average Bonchev–Trinajstić information content (AvgIpc) is 2.80. The predicted octanol–water partition coefficient (Wildman–Crippen LogP) is 7.49. The highest BCUT2D eigenvalue weighted by Crippen LogP contribution is 2.43. The zero-order chi connectivity index (χ0) is 27.6. The van der Waals surface area contributed by atoms with Crippen molar-refractivity contribution in [2.75, 3.05) is 23.3 Å². The fraction of sp³-hybridized carbons (Fsp3) is 0.409. The van der Waals surface area contributed by atoms with Gasteiger partial charge in [-0.05, 0) is 31.0 Å². The first kappa shape index (κ1) is 30.9. The van der Waals surface area contributed by atoms with E-state index in [4.69, 9.17) is 23.2 Å². The molecule has 0 aliphatic carbocycles. The van der Waals surface area contributed by atoms with Crippen LogP contribution in [0.15, 0.2) is 30.3 Å². The van der Waals surface area contributed by atoms with E-state index in [1.165, 1.54) is 4.90 Å². The highest BCUT2D eigenvalue weighted by Gasteiger charge is 2.39. The summed E-state index contributed by atoms with van der Waals surface area (Å²) in [4.78, 5) is 32.7. The summed E-state index contributed by atoms with van der Waals surface area (Å²) in [6.07, 6.45) is -3.39. The molecule has 0 saturated carbocycles. The van der Waals surface area contributed by atoms with E-state index in [-0.39, 0.29) is 24.7 Å². The van der Waals surface area contributed by atoms with Gasteiger partial charge in [-0.15, -0.1) is 0 Å². The van der Waals surface area contributed by atoms with Crippen molar-refractivity contribution in [2.24, 2.45) is 0 Å². The van der Waals surface area contributed by atoms with E-state index >= 15 is 0 Å². The summed E-state index contributed by atoms with van der Waals surface area (Å²) in [7, 11) is 0. The lowest BCUT2D eigenvalue weighted by molar-refractivity contribution is -0.393. The van der Waals surface area contributed by atoms with Crippen molar-refractivity contribution in [3.05, 3.63) is 66.2 Å². The number of hydrogen-bond acceptors (Lipinski definition) is 6. The monoisotopic (exact) mass is 552 g/mol. The van der Waals surface area contributed by atoms with Crippen LogP contribution in [0.1, 0.15) is 45.6 Å². The van der Waals surface area contributed by atoms with Crippen LogP contribution < -0.4 is 10.2 Å². The van der Waals surface area contributed by atoms with Crippen molar-refractivity contribution in [3.63, 3.8) is 0 Å². The Bertz CT molecular complexity index is 1060. The van der Waals surface area contributed by atoms with Crippen LogP contribution in [0.25, 0.3) is 0 Å². The molecule has 0 radical (unpaired) electrons. The molecule has 36 heavy (non-hydrogen) atoms. The van der Waals surface area contributed by atoms with E-state index in [9.17, 15) is 38.2 Å². The van der Waals surface area contributed by atoms with Gasteiger partial charge < -0.3 is 10.2 Å². The Morgan fingerprint density at radius 2 is 1.44 bits per heavy atom.